The molecule has 0 aromatic heterocycles. The van der Waals surface area contributed by atoms with E-state index in [9.17, 15) is 5.11 Å². The van der Waals surface area contributed by atoms with Gasteiger partial charge in [-0.25, -0.2) is 0 Å². The number of rotatable bonds is 4. The van der Waals surface area contributed by atoms with Crippen molar-refractivity contribution in [3.05, 3.63) is 0 Å². The summed E-state index contributed by atoms with van der Waals surface area (Å²) in [7, 11) is 0. The quantitative estimate of drug-likeness (QED) is 0.402. The Hall–Kier alpha value is 0.270. The van der Waals surface area contributed by atoms with Crippen LogP contribution in [0.25, 0.3) is 0 Å². The van der Waals surface area contributed by atoms with Gasteiger partial charge >= 0.3 is 0 Å². The van der Waals surface area contributed by atoms with E-state index < -0.39 is 0 Å². The summed E-state index contributed by atoms with van der Waals surface area (Å²) in [5.74, 6) is 2.10. The van der Waals surface area contributed by atoms with Gasteiger partial charge in [0.05, 0.1) is 31.8 Å². The number of guanidine groups is 1. The van der Waals surface area contributed by atoms with Crippen molar-refractivity contribution in [3.63, 3.8) is 0 Å². The van der Waals surface area contributed by atoms with Crippen LogP contribution in [0.2, 0.25) is 0 Å². The van der Waals surface area contributed by atoms with E-state index in [-0.39, 0.29) is 40.7 Å². The molecule has 2 aliphatic rings. The number of nitrogens with one attached hydrogen (secondary N) is 1. The largest absolute Gasteiger partial charge is 0.396 e. The molecule has 2 heterocycles. The van der Waals surface area contributed by atoms with Gasteiger partial charge in [0.2, 0.25) is 0 Å². The molecule has 7 heteroatoms. The molecule has 0 unspecified atom stereocenters. The van der Waals surface area contributed by atoms with Crippen LogP contribution in [0.5, 0.6) is 0 Å². The van der Waals surface area contributed by atoms with Crippen LogP contribution in [-0.4, -0.2) is 72.5 Å². The van der Waals surface area contributed by atoms with E-state index in [2.05, 4.69) is 31.0 Å². The number of halogens is 1. The van der Waals surface area contributed by atoms with Crippen molar-refractivity contribution < 1.29 is 9.84 Å². The highest BCUT2D eigenvalue weighted by Crippen LogP contribution is 2.30. The molecule has 2 aliphatic heterocycles. The molecule has 0 aliphatic carbocycles. The normalized spacial score (nSPS) is 24.0. The fourth-order valence-electron chi connectivity index (χ4n) is 2.49. The molecule has 124 valence electrons. The van der Waals surface area contributed by atoms with Gasteiger partial charge in [0.25, 0.3) is 0 Å². The smallest absolute Gasteiger partial charge is 0.194 e. The lowest BCUT2D eigenvalue weighted by Gasteiger charge is -2.41. The minimum Gasteiger partial charge on any atom is -0.396 e. The van der Waals surface area contributed by atoms with Crippen LogP contribution in [0.15, 0.2) is 4.99 Å². The summed E-state index contributed by atoms with van der Waals surface area (Å²) in [6.45, 7) is 11.6. The van der Waals surface area contributed by atoms with Crippen LogP contribution >= 0.6 is 35.7 Å². The van der Waals surface area contributed by atoms with Gasteiger partial charge < -0.3 is 20.1 Å². The van der Waals surface area contributed by atoms with Crippen molar-refractivity contribution in [3.8, 4) is 0 Å². The number of hydrogen-bond acceptors (Lipinski definition) is 4. The highest BCUT2D eigenvalue weighted by molar-refractivity contribution is 14.0. The second-order valence-corrected chi connectivity index (χ2v) is 8.15. The number of thioether (sulfide) groups is 1. The van der Waals surface area contributed by atoms with Crippen molar-refractivity contribution in [1.82, 2.24) is 10.2 Å². The molecule has 2 N–H and O–H groups in total. The standard InChI is InChI=1S/C14H27N3O2S.HI/c1-4-15-12(16-7-14(9-18)10-19-11-14)17-5-6-20-13(2,3)8-17;/h18H,4-11H2,1-3H3,(H,15,16);1H. The SMILES string of the molecule is CCNC(=NCC1(CO)COC1)N1CCSC(C)(C)C1.I. The lowest BCUT2D eigenvalue weighted by molar-refractivity contribution is -0.130. The third kappa shape index (κ3) is 5.14. The predicted octanol–water partition coefficient (Wildman–Crippen LogP) is 1.41. The van der Waals surface area contributed by atoms with Crippen molar-refractivity contribution in [1.29, 1.82) is 0 Å². The topological polar surface area (TPSA) is 57.1 Å². The minimum absolute atomic E-state index is 0. The van der Waals surface area contributed by atoms with Gasteiger partial charge in [-0.05, 0) is 20.8 Å². The Kier molecular flexibility index (Phi) is 7.56. The molecule has 2 rings (SSSR count). The van der Waals surface area contributed by atoms with E-state index in [1.807, 2.05) is 11.8 Å². The zero-order valence-electron chi connectivity index (χ0n) is 13.2. The first-order valence-corrected chi connectivity index (χ1v) is 8.35. The Bertz CT molecular complexity index is 357. The third-order valence-corrected chi connectivity index (χ3v) is 5.07. The lowest BCUT2D eigenvalue weighted by atomic mass is 9.87. The number of aliphatic hydroxyl groups is 1. The van der Waals surface area contributed by atoms with Crippen molar-refractivity contribution in [2.75, 3.05) is 51.8 Å². The molecule has 0 saturated carbocycles. The summed E-state index contributed by atoms with van der Waals surface area (Å²) in [5.41, 5.74) is -0.152. The Morgan fingerprint density at radius 2 is 2.14 bits per heavy atom. The first-order valence-electron chi connectivity index (χ1n) is 7.36. The molecular formula is C14H28IN3O2S. The van der Waals surface area contributed by atoms with Crippen molar-refractivity contribution in [2.24, 2.45) is 10.4 Å². The number of ether oxygens (including phenoxy) is 1. The van der Waals surface area contributed by atoms with Crippen molar-refractivity contribution in [2.45, 2.75) is 25.5 Å². The van der Waals surface area contributed by atoms with Gasteiger partial charge in [0.1, 0.15) is 0 Å². The van der Waals surface area contributed by atoms with Gasteiger partial charge in [0, 0.05) is 30.1 Å². The molecule has 0 atom stereocenters. The number of nitrogens with zero attached hydrogens (tertiary/aromatic N) is 2. The molecule has 5 nitrogen and oxygen atoms in total. The molecule has 0 aromatic carbocycles. The van der Waals surface area contributed by atoms with E-state index in [4.69, 9.17) is 9.73 Å². The zero-order chi connectivity index (χ0) is 14.6. The molecule has 0 spiro atoms. The Morgan fingerprint density at radius 3 is 2.62 bits per heavy atom. The number of hydrogen-bond donors (Lipinski definition) is 2. The minimum atomic E-state index is -0.152. The molecule has 21 heavy (non-hydrogen) atoms. The van der Waals surface area contributed by atoms with Gasteiger partial charge in [-0.3, -0.25) is 4.99 Å². The summed E-state index contributed by atoms with van der Waals surface area (Å²) in [5, 5.41) is 12.9. The summed E-state index contributed by atoms with van der Waals surface area (Å²) in [6, 6.07) is 0. The van der Waals surface area contributed by atoms with E-state index in [1.54, 1.807) is 0 Å². The van der Waals surface area contributed by atoms with E-state index in [0.717, 1.165) is 31.3 Å². The summed E-state index contributed by atoms with van der Waals surface area (Å²) in [6.07, 6.45) is 0. The fraction of sp³-hybridized carbons (Fsp3) is 0.929. The highest BCUT2D eigenvalue weighted by Gasteiger charge is 2.38. The van der Waals surface area contributed by atoms with Crippen LogP contribution < -0.4 is 5.32 Å². The van der Waals surface area contributed by atoms with Crippen LogP contribution in [-0.2, 0) is 4.74 Å². The molecule has 0 aromatic rings. The van der Waals surface area contributed by atoms with Crippen LogP contribution in [0.1, 0.15) is 20.8 Å². The third-order valence-electron chi connectivity index (χ3n) is 3.78. The lowest BCUT2D eigenvalue weighted by Crippen LogP contribution is -2.52. The first-order chi connectivity index (χ1) is 9.50. The second-order valence-electron chi connectivity index (χ2n) is 6.35. The number of aliphatic hydroxyl groups excluding tert-OH is 1. The van der Waals surface area contributed by atoms with E-state index in [1.165, 1.54) is 0 Å². The molecule has 0 bridgehead atoms. The maximum atomic E-state index is 9.49. The highest BCUT2D eigenvalue weighted by atomic mass is 127. The average molecular weight is 429 g/mol. The van der Waals surface area contributed by atoms with Crippen LogP contribution in [0.4, 0.5) is 0 Å². The monoisotopic (exact) mass is 429 g/mol. The van der Waals surface area contributed by atoms with Gasteiger partial charge in [-0.15, -0.1) is 24.0 Å². The van der Waals surface area contributed by atoms with Crippen LogP contribution in [0, 0.1) is 5.41 Å². The first kappa shape index (κ1) is 19.3. The molecule has 0 amide bonds. The van der Waals surface area contributed by atoms with Gasteiger partial charge in [0.15, 0.2) is 5.96 Å². The van der Waals surface area contributed by atoms with Gasteiger partial charge in [-0.1, -0.05) is 0 Å². The molecule has 2 saturated heterocycles. The van der Waals surface area contributed by atoms with E-state index >= 15 is 0 Å². The summed E-state index contributed by atoms with van der Waals surface area (Å²) >= 11 is 2.02. The molecular weight excluding hydrogens is 401 g/mol. The molecule has 2 fully saturated rings. The van der Waals surface area contributed by atoms with Gasteiger partial charge in [-0.2, -0.15) is 11.8 Å². The maximum Gasteiger partial charge on any atom is 0.194 e. The fourth-order valence-corrected chi connectivity index (χ4v) is 3.60. The average Bonchev–Trinajstić information content (AvgIpc) is 2.35. The summed E-state index contributed by atoms with van der Waals surface area (Å²) < 4.78 is 5.50. The number of aliphatic imine (C=N–C) groups is 1. The van der Waals surface area contributed by atoms with E-state index in [0.29, 0.717) is 19.8 Å². The van der Waals surface area contributed by atoms with Crippen molar-refractivity contribution >= 4 is 41.7 Å². The maximum absolute atomic E-state index is 9.49. The Morgan fingerprint density at radius 1 is 1.43 bits per heavy atom. The zero-order valence-corrected chi connectivity index (χ0v) is 16.4. The Balaban J connectivity index is 0.00000220. The predicted molar refractivity (Wildman–Crippen MR) is 99.8 cm³/mol. The Labute approximate surface area is 149 Å². The second kappa shape index (κ2) is 8.21. The van der Waals surface area contributed by atoms with Crippen LogP contribution in [0.3, 0.4) is 0 Å². The summed E-state index contributed by atoms with van der Waals surface area (Å²) in [4.78, 5) is 7.09. The molecule has 0 radical (unpaired) electrons.